The summed E-state index contributed by atoms with van der Waals surface area (Å²) in [5.74, 6) is 1.70. The van der Waals surface area contributed by atoms with Crippen molar-refractivity contribution in [2.75, 3.05) is 38.2 Å². The van der Waals surface area contributed by atoms with Crippen LogP contribution in [0.3, 0.4) is 0 Å². The van der Waals surface area contributed by atoms with Crippen molar-refractivity contribution in [3.8, 4) is 5.75 Å². The van der Waals surface area contributed by atoms with Crippen LogP contribution in [0, 0.1) is 5.41 Å². The predicted molar refractivity (Wildman–Crippen MR) is 109 cm³/mol. The topological polar surface area (TPSA) is 41.5 Å². The SMILES string of the molecule is COc1ccccc1C1CCN(C2CCC3(C2)CN(c2ncns2)C3)CC1. The Bertz CT molecular complexity index is 766. The predicted octanol–water partition coefficient (Wildman–Crippen LogP) is 3.79. The van der Waals surface area contributed by atoms with Gasteiger partial charge in [-0.05, 0) is 62.7 Å². The summed E-state index contributed by atoms with van der Waals surface area (Å²) in [6, 6.07) is 9.34. The van der Waals surface area contributed by atoms with E-state index in [1.165, 1.54) is 75.4 Å². The van der Waals surface area contributed by atoms with Crippen molar-refractivity contribution in [2.45, 2.75) is 44.1 Å². The summed E-state index contributed by atoms with van der Waals surface area (Å²) in [6.45, 7) is 4.81. The van der Waals surface area contributed by atoms with Gasteiger partial charge >= 0.3 is 0 Å². The van der Waals surface area contributed by atoms with E-state index in [1.807, 2.05) is 0 Å². The first-order chi connectivity index (χ1) is 13.3. The Kier molecular flexibility index (Phi) is 4.56. The fourth-order valence-electron chi connectivity index (χ4n) is 5.56. The van der Waals surface area contributed by atoms with Gasteiger partial charge in [-0.25, -0.2) is 4.98 Å². The molecule has 1 aromatic heterocycles. The number of likely N-dealkylation sites (tertiary alicyclic amines) is 1. The highest BCUT2D eigenvalue weighted by molar-refractivity contribution is 7.09. The Labute approximate surface area is 165 Å². The van der Waals surface area contributed by atoms with E-state index < -0.39 is 0 Å². The molecule has 144 valence electrons. The fraction of sp³-hybridized carbons (Fsp3) is 0.619. The summed E-state index contributed by atoms with van der Waals surface area (Å²) in [4.78, 5) is 9.55. The van der Waals surface area contributed by atoms with Gasteiger partial charge in [0.1, 0.15) is 12.1 Å². The Balaban J connectivity index is 1.16. The number of piperidine rings is 1. The van der Waals surface area contributed by atoms with Crippen molar-refractivity contribution in [1.82, 2.24) is 14.3 Å². The van der Waals surface area contributed by atoms with Gasteiger partial charge in [0.2, 0.25) is 5.13 Å². The van der Waals surface area contributed by atoms with Gasteiger partial charge in [-0.2, -0.15) is 4.37 Å². The summed E-state index contributed by atoms with van der Waals surface area (Å²) in [5.41, 5.74) is 1.93. The largest absolute Gasteiger partial charge is 0.496 e. The van der Waals surface area contributed by atoms with Crippen LogP contribution in [0.4, 0.5) is 5.13 Å². The lowest BCUT2D eigenvalue weighted by Crippen LogP contribution is -2.56. The zero-order valence-corrected chi connectivity index (χ0v) is 16.8. The van der Waals surface area contributed by atoms with Crippen molar-refractivity contribution in [3.05, 3.63) is 36.2 Å². The number of ether oxygens (including phenoxy) is 1. The Hall–Kier alpha value is -1.66. The minimum absolute atomic E-state index is 0.538. The fourth-order valence-corrected chi connectivity index (χ4v) is 6.09. The molecule has 1 saturated carbocycles. The summed E-state index contributed by atoms with van der Waals surface area (Å²) in [5, 5.41) is 1.10. The second-order valence-corrected chi connectivity index (χ2v) is 9.29. The molecular formula is C21H28N4OS. The number of nitrogens with zero attached hydrogens (tertiary/aromatic N) is 4. The van der Waals surface area contributed by atoms with Gasteiger partial charge in [0.15, 0.2) is 0 Å². The summed E-state index contributed by atoms with van der Waals surface area (Å²) in [7, 11) is 1.79. The highest BCUT2D eigenvalue weighted by Crippen LogP contribution is 2.49. The first kappa shape index (κ1) is 17.4. The Morgan fingerprint density at radius 3 is 2.70 bits per heavy atom. The second-order valence-electron chi connectivity index (χ2n) is 8.53. The van der Waals surface area contributed by atoms with E-state index in [1.54, 1.807) is 13.4 Å². The van der Waals surface area contributed by atoms with Gasteiger partial charge < -0.3 is 14.5 Å². The van der Waals surface area contributed by atoms with Crippen molar-refractivity contribution in [1.29, 1.82) is 0 Å². The molecule has 5 rings (SSSR count). The minimum Gasteiger partial charge on any atom is -0.496 e. The van der Waals surface area contributed by atoms with Crippen LogP contribution in [0.25, 0.3) is 0 Å². The third-order valence-corrected chi connectivity index (χ3v) is 7.70. The molecule has 6 heteroatoms. The number of aromatic nitrogens is 2. The number of hydrogen-bond acceptors (Lipinski definition) is 6. The molecule has 5 nitrogen and oxygen atoms in total. The zero-order chi connectivity index (χ0) is 18.3. The lowest BCUT2D eigenvalue weighted by molar-refractivity contribution is 0.131. The average Bonchev–Trinajstić information content (AvgIpc) is 3.37. The molecule has 0 N–H and O–H groups in total. The normalized spacial score (nSPS) is 25.7. The quantitative estimate of drug-likeness (QED) is 0.802. The molecule has 2 aliphatic heterocycles. The molecule has 3 aliphatic rings. The number of hydrogen-bond donors (Lipinski definition) is 0. The first-order valence-electron chi connectivity index (χ1n) is 10.1. The average molecular weight is 385 g/mol. The highest BCUT2D eigenvalue weighted by Gasteiger charge is 2.50. The van der Waals surface area contributed by atoms with E-state index >= 15 is 0 Å². The molecule has 1 atom stereocenters. The molecular weight excluding hydrogens is 356 g/mol. The molecule has 1 aliphatic carbocycles. The number of benzene rings is 1. The summed E-state index contributed by atoms with van der Waals surface area (Å²) >= 11 is 1.52. The molecule has 27 heavy (non-hydrogen) atoms. The van der Waals surface area contributed by atoms with Crippen molar-refractivity contribution < 1.29 is 4.74 Å². The highest BCUT2D eigenvalue weighted by atomic mass is 32.1. The first-order valence-corrected chi connectivity index (χ1v) is 10.9. The van der Waals surface area contributed by atoms with Crippen LogP contribution in [-0.2, 0) is 0 Å². The maximum Gasteiger partial charge on any atom is 0.204 e. The standard InChI is InChI=1S/C21H28N4OS/c1-26-19-5-3-2-4-18(19)16-7-10-24(11-8-16)17-6-9-21(12-17)13-25(14-21)20-22-15-23-27-20/h2-5,15-17H,6-14H2,1H3. The lowest BCUT2D eigenvalue weighted by atomic mass is 9.78. The monoisotopic (exact) mass is 384 g/mol. The van der Waals surface area contributed by atoms with Crippen LogP contribution < -0.4 is 9.64 Å². The molecule has 3 fully saturated rings. The van der Waals surface area contributed by atoms with Crippen molar-refractivity contribution >= 4 is 16.7 Å². The molecule has 0 amide bonds. The van der Waals surface area contributed by atoms with E-state index in [9.17, 15) is 0 Å². The number of para-hydroxylation sites is 1. The van der Waals surface area contributed by atoms with Gasteiger partial charge in [-0.1, -0.05) is 18.2 Å². The van der Waals surface area contributed by atoms with Gasteiger partial charge in [-0.15, -0.1) is 0 Å². The summed E-state index contributed by atoms with van der Waals surface area (Å²) < 4.78 is 9.73. The van der Waals surface area contributed by atoms with Crippen molar-refractivity contribution in [2.24, 2.45) is 5.41 Å². The van der Waals surface area contributed by atoms with E-state index in [0.717, 1.165) is 16.9 Å². The lowest BCUT2D eigenvalue weighted by Gasteiger charge is -2.48. The van der Waals surface area contributed by atoms with Gasteiger partial charge in [-0.3, -0.25) is 0 Å². The van der Waals surface area contributed by atoms with E-state index in [-0.39, 0.29) is 0 Å². The van der Waals surface area contributed by atoms with Gasteiger partial charge in [0, 0.05) is 36.1 Å². The maximum absolute atomic E-state index is 5.59. The van der Waals surface area contributed by atoms with E-state index in [4.69, 9.17) is 4.74 Å². The third-order valence-electron chi connectivity index (χ3n) is 6.97. The minimum atomic E-state index is 0.538. The Morgan fingerprint density at radius 1 is 1.15 bits per heavy atom. The van der Waals surface area contributed by atoms with Gasteiger partial charge in [0.25, 0.3) is 0 Å². The number of anilines is 1. The van der Waals surface area contributed by atoms with Crippen LogP contribution in [0.5, 0.6) is 5.75 Å². The van der Waals surface area contributed by atoms with Crippen LogP contribution in [-0.4, -0.2) is 53.6 Å². The smallest absolute Gasteiger partial charge is 0.204 e. The van der Waals surface area contributed by atoms with E-state index in [0.29, 0.717) is 11.3 Å². The van der Waals surface area contributed by atoms with Crippen LogP contribution in [0.1, 0.15) is 43.6 Å². The molecule has 2 aromatic rings. The molecule has 1 aromatic carbocycles. The van der Waals surface area contributed by atoms with Crippen LogP contribution in [0.2, 0.25) is 0 Å². The number of rotatable bonds is 4. The molecule has 3 heterocycles. The summed E-state index contributed by atoms with van der Waals surface area (Å²) in [6.07, 6.45) is 8.28. The molecule has 0 radical (unpaired) electrons. The zero-order valence-electron chi connectivity index (χ0n) is 16.0. The maximum atomic E-state index is 5.59. The van der Waals surface area contributed by atoms with Crippen LogP contribution >= 0.6 is 11.5 Å². The third kappa shape index (κ3) is 3.23. The molecule has 1 unspecified atom stereocenters. The van der Waals surface area contributed by atoms with Gasteiger partial charge in [0.05, 0.1) is 7.11 Å². The van der Waals surface area contributed by atoms with Crippen molar-refractivity contribution in [3.63, 3.8) is 0 Å². The Morgan fingerprint density at radius 2 is 1.96 bits per heavy atom. The number of methoxy groups -OCH3 is 1. The molecule has 0 bridgehead atoms. The molecule has 2 saturated heterocycles. The van der Waals surface area contributed by atoms with E-state index in [2.05, 4.69) is 43.4 Å². The second kappa shape index (κ2) is 7.06. The van der Waals surface area contributed by atoms with Crippen LogP contribution in [0.15, 0.2) is 30.6 Å². The molecule has 1 spiro atoms.